The highest BCUT2D eigenvalue weighted by molar-refractivity contribution is 6.35. The summed E-state index contributed by atoms with van der Waals surface area (Å²) >= 11 is 11.9. The van der Waals surface area contributed by atoms with Crippen molar-refractivity contribution in [2.45, 2.75) is 6.92 Å². The van der Waals surface area contributed by atoms with Gasteiger partial charge in [0.25, 0.3) is 0 Å². The molecule has 0 saturated heterocycles. The van der Waals surface area contributed by atoms with E-state index in [9.17, 15) is 9.59 Å². The number of esters is 1. The fourth-order valence-corrected chi connectivity index (χ4v) is 2.78. The van der Waals surface area contributed by atoms with Crippen LogP contribution in [0.3, 0.4) is 0 Å². The molecular weight excluding hydrogens is 363 g/mol. The van der Waals surface area contributed by atoms with Gasteiger partial charge in [0.15, 0.2) is 0 Å². The zero-order valence-corrected chi connectivity index (χ0v) is 14.6. The van der Waals surface area contributed by atoms with E-state index in [1.807, 2.05) is 6.92 Å². The van der Waals surface area contributed by atoms with Crippen LogP contribution in [0.1, 0.15) is 11.1 Å². The molecule has 1 aromatic heterocycles. The van der Waals surface area contributed by atoms with Crippen molar-refractivity contribution in [3.8, 4) is 5.75 Å². The molecule has 0 N–H and O–H groups in total. The Morgan fingerprint density at radius 1 is 1.12 bits per heavy atom. The van der Waals surface area contributed by atoms with Gasteiger partial charge in [0.1, 0.15) is 11.3 Å². The van der Waals surface area contributed by atoms with E-state index < -0.39 is 11.6 Å². The van der Waals surface area contributed by atoms with Crippen molar-refractivity contribution in [3.63, 3.8) is 0 Å². The topological polar surface area (TPSA) is 56.5 Å². The number of hydrogen-bond donors (Lipinski definition) is 0. The van der Waals surface area contributed by atoms with Gasteiger partial charge < -0.3 is 9.15 Å². The van der Waals surface area contributed by atoms with Crippen LogP contribution in [0.5, 0.6) is 5.75 Å². The second-order valence-electron chi connectivity index (χ2n) is 5.33. The Bertz CT molecular complexity index is 1050. The van der Waals surface area contributed by atoms with E-state index in [4.69, 9.17) is 32.4 Å². The first-order chi connectivity index (χ1) is 11.9. The van der Waals surface area contributed by atoms with Crippen LogP contribution in [0, 0.1) is 6.92 Å². The molecule has 126 valence electrons. The monoisotopic (exact) mass is 374 g/mol. The molecular formula is C19H12Cl2O4. The smallest absolute Gasteiger partial charge is 0.336 e. The van der Waals surface area contributed by atoms with Gasteiger partial charge in [-0.2, -0.15) is 0 Å². The number of fused-ring (bicyclic) bond motifs is 1. The van der Waals surface area contributed by atoms with E-state index in [-0.39, 0.29) is 5.75 Å². The van der Waals surface area contributed by atoms with Crippen LogP contribution in [-0.4, -0.2) is 5.97 Å². The van der Waals surface area contributed by atoms with Crippen LogP contribution >= 0.6 is 23.2 Å². The first-order valence-electron chi connectivity index (χ1n) is 7.32. The van der Waals surface area contributed by atoms with Crippen molar-refractivity contribution in [1.29, 1.82) is 0 Å². The molecule has 0 spiro atoms. The zero-order chi connectivity index (χ0) is 18.0. The summed E-state index contributed by atoms with van der Waals surface area (Å²) < 4.78 is 10.4. The number of carbonyl (C=O) groups excluding carboxylic acids is 1. The van der Waals surface area contributed by atoms with Gasteiger partial charge in [0.05, 0.1) is 0 Å². The SMILES string of the molecule is Cc1cc(=O)oc2cc(OC(=O)C=Cc3ccc(Cl)cc3Cl)ccc12. The standard InChI is InChI=1S/C19H12Cl2O4/c1-11-8-19(23)25-17-10-14(5-6-15(11)17)24-18(22)7-3-12-2-4-13(20)9-16(12)21/h2-10H,1H3. The highest BCUT2D eigenvalue weighted by Crippen LogP contribution is 2.24. The summed E-state index contributed by atoms with van der Waals surface area (Å²) in [5.41, 5.74) is 1.34. The Balaban J connectivity index is 1.79. The summed E-state index contributed by atoms with van der Waals surface area (Å²) in [6.07, 6.45) is 2.79. The van der Waals surface area contributed by atoms with E-state index in [1.54, 1.807) is 30.3 Å². The Labute approximate surface area is 153 Å². The van der Waals surface area contributed by atoms with Gasteiger partial charge in [-0.3, -0.25) is 0 Å². The molecule has 2 aromatic carbocycles. The summed E-state index contributed by atoms with van der Waals surface area (Å²) in [7, 11) is 0. The molecule has 3 aromatic rings. The predicted octanol–water partition coefficient (Wildman–Crippen LogP) is 5.03. The first-order valence-corrected chi connectivity index (χ1v) is 8.07. The number of carbonyl (C=O) groups is 1. The lowest BCUT2D eigenvalue weighted by atomic mass is 10.1. The van der Waals surface area contributed by atoms with E-state index in [0.717, 1.165) is 10.9 Å². The molecule has 0 aliphatic rings. The molecule has 0 aliphatic heterocycles. The van der Waals surface area contributed by atoms with Gasteiger partial charge in [0.2, 0.25) is 0 Å². The Hall–Kier alpha value is -2.56. The maximum atomic E-state index is 12.0. The summed E-state index contributed by atoms with van der Waals surface area (Å²) in [6, 6.07) is 11.2. The van der Waals surface area contributed by atoms with Gasteiger partial charge in [-0.05, 0) is 48.4 Å². The molecule has 4 nitrogen and oxygen atoms in total. The largest absolute Gasteiger partial charge is 0.423 e. The van der Waals surface area contributed by atoms with Crippen molar-refractivity contribution in [3.05, 3.63) is 80.1 Å². The van der Waals surface area contributed by atoms with Gasteiger partial charge in [-0.15, -0.1) is 0 Å². The van der Waals surface area contributed by atoms with Crippen LogP contribution in [0.25, 0.3) is 17.0 Å². The average molecular weight is 375 g/mol. The Morgan fingerprint density at radius 3 is 2.68 bits per heavy atom. The summed E-state index contributed by atoms with van der Waals surface area (Å²) in [5, 5.41) is 1.72. The molecule has 0 saturated carbocycles. The lowest BCUT2D eigenvalue weighted by molar-refractivity contribution is -0.128. The molecule has 3 rings (SSSR count). The number of rotatable bonds is 3. The highest BCUT2D eigenvalue weighted by Gasteiger charge is 2.07. The minimum Gasteiger partial charge on any atom is -0.423 e. The molecule has 0 aliphatic carbocycles. The molecule has 0 radical (unpaired) electrons. The van der Waals surface area contributed by atoms with Gasteiger partial charge in [-0.1, -0.05) is 29.3 Å². The van der Waals surface area contributed by atoms with E-state index >= 15 is 0 Å². The summed E-state index contributed by atoms with van der Waals surface area (Å²) in [6.45, 7) is 1.81. The number of halogens is 2. The van der Waals surface area contributed by atoms with Crippen molar-refractivity contribution >= 4 is 46.2 Å². The third-order valence-electron chi connectivity index (χ3n) is 3.50. The van der Waals surface area contributed by atoms with E-state index in [2.05, 4.69) is 0 Å². The third kappa shape index (κ3) is 4.10. The number of benzene rings is 2. The molecule has 0 atom stereocenters. The molecule has 1 heterocycles. The Kier molecular flexibility index (Phi) is 4.93. The van der Waals surface area contributed by atoms with Crippen molar-refractivity contribution in [2.75, 3.05) is 0 Å². The molecule has 0 bridgehead atoms. The fraction of sp³-hybridized carbons (Fsp3) is 0.0526. The van der Waals surface area contributed by atoms with Crippen molar-refractivity contribution in [1.82, 2.24) is 0 Å². The Morgan fingerprint density at radius 2 is 1.92 bits per heavy atom. The second kappa shape index (κ2) is 7.13. The predicted molar refractivity (Wildman–Crippen MR) is 98.4 cm³/mol. The third-order valence-corrected chi connectivity index (χ3v) is 4.07. The normalized spacial score (nSPS) is 11.2. The zero-order valence-electron chi connectivity index (χ0n) is 13.1. The number of aryl methyl sites for hydroxylation is 1. The summed E-state index contributed by atoms with van der Waals surface area (Å²) in [4.78, 5) is 23.4. The maximum absolute atomic E-state index is 12.0. The molecule has 6 heteroatoms. The first kappa shape index (κ1) is 17.3. The van der Waals surface area contributed by atoms with E-state index in [1.165, 1.54) is 24.3 Å². The van der Waals surface area contributed by atoms with Gasteiger partial charge in [-0.25, -0.2) is 9.59 Å². The molecule has 0 fully saturated rings. The lowest BCUT2D eigenvalue weighted by Crippen LogP contribution is -2.04. The highest BCUT2D eigenvalue weighted by atomic mass is 35.5. The van der Waals surface area contributed by atoms with Crippen LogP contribution in [-0.2, 0) is 4.79 Å². The number of ether oxygens (including phenoxy) is 1. The van der Waals surface area contributed by atoms with Crippen LogP contribution in [0.2, 0.25) is 10.0 Å². The molecule has 0 amide bonds. The van der Waals surface area contributed by atoms with Crippen molar-refractivity contribution in [2.24, 2.45) is 0 Å². The quantitative estimate of drug-likeness (QED) is 0.279. The second-order valence-corrected chi connectivity index (χ2v) is 6.17. The fourth-order valence-electron chi connectivity index (χ4n) is 2.31. The molecule has 0 unspecified atom stereocenters. The summed E-state index contributed by atoms with van der Waals surface area (Å²) in [5.74, 6) is -0.307. The van der Waals surface area contributed by atoms with E-state index in [0.29, 0.717) is 21.2 Å². The molecule has 25 heavy (non-hydrogen) atoms. The van der Waals surface area contributed by atoms with Crippen LogP contribution in [0.4, 0.5) is 0 Å². The number of hydrogen-bond acceptors (Lipinski definition) is 4. The lowest BCUT2D eigenvalue weighted by Gasteiger charge is -2.04. The minimum absolute atomic E-state index is 0.276. The maximum Gasteiger partial charge on any atom is 0.336 e. The van der Waals surface area contributed by atoms with Gasteiger partial charge >= 0.3 is 11.6 Å². The average Bonchev–Trinajstić information content (AvgIpc) is 2.53. The van der Waals surface area contributed by atoms with Crippen LogP contribution < -0.4 is 10.4 Å². The van der Waals surface area contributed by atoms with Crippen molar-refractivity contribution < 1.29 is 13.9 Å². The van der Waals surface area contributed by atoms with Crippen LogP contribution in [0.15, 0.2) is 57.8 Å². The van der Waals surface area contributed by atoms with Gasteiger partial charge in [0, 0.05) is 33.6 Å². The minimum atomic E-state index is -0.583.